The van der Waals surface area contributed by atoms with Crippen LogP contribution in [0.1, 0.15) is 24.2 Å². The van der Waals surface area contributed by atoms with Crippen molar-refractivity contribution in [2.45, 2.75) is 25.2 Å². The first-order chi connectivity index (χ1) is 8.84. The van der Waals surface area contributed by atoms with Crippen molar-refractivity contribution in [3.05, 3.63) is 34.4 Å². The SMILES string of the molecule is CC(F)c1c(F)c(F)c(F)c(F)c1C(F)(F)C(F)(F)F. The van der Waals surface area contributed by atoms with Crippen molar-refractivity contribution >= 4 is 0 Å². The van der Waals surface area contributed by atoms with Crippen LogP contribution in [0.25, 0.3) is 0 Å². The molecule has 20 heavy (non-hydrogen) atoms. The lowest BCUT2D eigenvalue weighted by Crippen LogP contribution is -2.36. The van der Waals surface area contributed by atoms with Crippen LogP contribution >= 0.6 is 0 Å². The van der Waals surface area contributed by atoms with Gasteiger partial charge in [-0.1, -0.05) is 0 Å². The van der Waals surface area contributed by atoms with E-state index in [4.69, 9.17) is 0 Å². The van der Waals surface area contributed by atoms with E-state index in [0.29, 0.717) is 0 Å². The minimum Gasteiger partial charge on any atom is -0.242 e. The van der Waals surface area contributed by atoms with Gasteiger partial charge < -0.3 is 0 Å². The first kappa shape index (κ1) is 16.6. The molecule has 0 radical (unpaired) electrons. The van der Waals surface area contributed by atoms with Crippen molar-refractivity contribution in [3.8, 4) is 0 Å². The smallest absolute Gasteiger partial charge is 0.242 e. The Balaban J connectivity index is 3.88. The summed E-state index contributed by atoms with van der Waals surface area (Å²) in [6.07, 6.45) is -9.38. The largest absolute Gasteiger partial charge is 0.458 e. The third-order valence-corrected chi connectivity index (χ3v) is 2.37. The molecule has 0 bridgehead atoms. The van der Waals surface area contributed by atoms with E-state index < -0.39 is 52.7 Å². The molecule has 1 unspecified atom stereocenters. The van der Waals surface area contributed by atoms with Crippen LogP contribution in [0.5, 0.6) is 0 Å². The molecule has 10 heteroatoms. The molecule has 0 saturated heterocycles. The summed E-state index contributed by atoms with van der Waals surface area (Å²) in [6, 6.07) is 0. The highest BCUT2D eigenvalue weighted by Gasteiger charge is 2.62. The molecular weight excluding hydrogens is 310 g/mol. The van der Waals surface area contributed by atoms with Crippen LogP contribution < -0.4 is 0 Å². The molecule has 0 N–H and O–H groups in total. The summed E-state index contributed by atoms with van der Waals surface area (Å²) in [5, 5.41) is 0. The summed E-state index contributed by atoms with van der Waals surface area (Å²) in [4.78, 5) is 0. The van der Waals surface area contributed by atoms with Gasteiger partial charge in [0.2, 0.25) is 0 Å². The second-order valence-corrected chi connectivity index (χ2v) is 3.73. The molecule has 1 aromatic carbocycles. The van der Waals surface area contributed by atoms with Gasteiger partial charge in [-0.3, -0.25) is 0 Å². The molecule has 0 saturated carbocycles. The lowest BCUT2D eigenvalue weighted by molar-refractivity contribution is -0.291. The van der Waals surface area contributed by atoms with Crippen molar-refractivity contribution in [2.24, 2.45) is 0 Å². The number of halogens is 10. The zero-order chi connectivity index (χ0) is 16.0. The summed E-state index contributed by atoms with van der Waals surface area (Å²) < 4.78 is 127. The molecule has 114 valence electrons. The van der Waals surface area contributed by atoms with Crippen LogP contribution in [0.4, 0.5) is 43.9 Å². The number of rotatable bonds is 2. The van der Waals surface area contributed by atoms with E-state index in [1.165, 1.54) is 0 Å². The Morgan fingerprint density at radius 3 is 1.50 bits per heavy atom. The summed E-state index contributed by atoms with van der Waals surface area (Å²) in [6.45, 7) is 0.269. The molecule has 0 spiro atoms. The van der Waals surface area contributed by atoms with E-state index in [-0.39, 0.29) is 6.92 Å². The van der Waals surface area contributed by atoms with Crippen molar-refractivity contribution in [1.82, 2.24) is 0 Å². The Bertz CT molecular complexity index is 528. The molecule has 1 aromatic rings. The fourth-order valence-electron chi connectivity index (χ4n) is 1.47. The van der Waals surface area contributed by atoms with Gasteiger partial charge in [0.05, 0.1) is 5.56 Å². The van der Waals surface area contributed by atoms with Crippen molar-refractivity contribution in [2.75, 3.05) is 0 Å². The predicted molar refractivity (Wildman–Crippen MR) is 45.7 cm³/mol. The Morgan fingerprint density at radius 1 is 0.750 bits per heavy atom. The predicted octanol–water partition coefficient (Wildman–Crippen LogP) is 4.93. The molecule has 1 atom stereocenters. The van der Waals surface area contributed by atoms with Gasteiger partial charge in [-0.05, 0) is 6.92 Å². The van der Waals surface area contributed by atoms with E-state index in [9.17, 15) is 43.9 Å². The van der Waals surface area contributed by atoms with Crippen molar-refractivity contribution in [3.63, 3.8) is 0 Å². The molecule has 1 rings (SSSR count). The van der Waals surface area contributed by atoms with Crippen LogP contribution in [-0.4, -0.2) is 6.18 Å². The summed E-state index contributed by atoms with van der Waals surface area (Å²) in [7, 11) is 0. The van der Waals surface area contributed by atoms with E-state index in [1.54, 1.807) is 0 Å². The molecule has 0 aliphatic carbocycles. The van der Waals surface area contributed by atoms with E-state index >= 15 is 0 Å². The van der Waals surface area contributed by atoms with Crippen LogP contribution in [0.15, 0.2) is 0 Å². The van der Waals surface area contributed by atoms with Gasteiger partial charge in [-0.15, -0.1) is 0 Å². The van der Waals surface area contributed by atoms with Gasteiger partial charge in [-0.25, -0.2) is 22.0 Å². The number of benzene rings is 1. The van der Waals surface area contributed by atoms with Gasteiger partial charge in [0.15, 0.2) is 23.3 Å². The van der Waals surface area contributed by atoms with Crippen molar-refractivity contribution in [1.29, 1.82) is 0 Å². The molecule has 0 heterocycles. The minimum absolute atomic E-state index is 0.269. The standard InChI is InChI=1S/C10H4F10/c1-2(11)3-4(9(16,17)10(18,19)20)6(13)8(15)7(14)5(3)12/h2H,1H3. The normalized spacial score (nSPS) is 14.6. The Hall–Kier alpha value is -1.48. The van der Waals surface area contributed by atoms with Gasteiger partial charge in [0.25, 0.3) is 0 Å². The van der Waals surface area contributed by atoms with Crippen molar-refractivity contribution < 1.29 is 43.9 Å². The molecular formula is C10H4F10. The average molecular weight is 314 g/mol. The van der Waals surface area contributed by atoms with Crippen LogP contribution in [-0.2, 0) is 5.92 Å². The van der Waals surface area contributed by atoms with Crippen LogP contribution in [0.3, 0.4) is 0 Å². The van der Waals surface area contributed by atoms with Gasteiger partial charge in [0.1, 0.15) is 6.17 Å². The Labute approximate surface area is 105 Å². The highest BCUT2D eigenvalue weighted by atomic mass is 19.4. The average Bonchev–Trinajstić information content (AvgIpc) is 2.28. The second kappa shape index (κ2) is 4.81. The Morgan fingerprint density at radius 2 is 1.15 bits per heavy atom. The topological polar surface area (TPSA) is 0 Å². The Kier molecular flexibility index (Phi) is 3.99. The molecule has 0 fully saturated rings. The fourth-order valence-corrected chi connectivity index (χ4v) is 1.47. The molecule has 0 aliphatic heterocycles. The zero-order valence-electron chi connectivity index (χ0n) is 9.36. The molecule has 0 nitrogen and oxygen atoms in total. The first-order valence-electron chi connectivity index (χ1n) is 4.79. The number of hydrogen-bond acceptors (Lipinski definition) is 0. The summed E-state index contributed by atoms with van der Waals surface area (Å²) in [5.41, 5.74) is -5.12. The summed E-state index contributed by atoms with van der Waals surface area (Å²) >= 11 is 0. The second-order valence-electron chi connectivity index (χ2n) is 3.73. The van der Waals surface area contributed by atoms with Gasteiger partial charge in [0, 0.05) is 5.56 Å². The van der Waals surface area contributed by atoms with Crippen LogP contribution in [0, 0.1) is 23.3 Å². The highest BCUT2D eigenvalue weighted by Crippen LogP contribution is 2.48. The quantitative estimate of drug-likeness (QED) is 0.412. The zero-order valence-corrected chi connectivity index (χ0v) is 9.36. The van der Waals surface area contributed by atoms with Gasteiger partial charge in [-0.2, -0.15) is 22.0 Å². The highest BCUT2D eigenvalue weighted by molar-refractivity contribution is 5.37. The van der Waals surface area contributed by atoms with E-state index in [0.717, 1.165) is 0 Å². The maximum atomic E-state index is 13.2. The number of hydrogen-bond donors (Lipinski definition) is 0. The molecule has 0 aromatic heterocycles. The number of alkyl halides is 6. The molecule has 0 aliphatic rings. The fraction of sp³-hybridized carbons (Fsp3) is 0.400. The van der Waals surface area contributed by atoms with Gasteiger partial charge >= 0.3 is 12.1 Å². The van der Waals surface area contributed by atoms with E-state index in [2.05, 4.69) is 0 Å². The molecule has 0 amide bonds. The third-order valence-electron chi connectivity index (χ3n) is 2.37. The lowest BCUT2D eigenvalue weighted by Gasteiger charge is -2.24. The monoisotopic (exact) mass is 314 g/mol. The van der Waals surface area contributed by atoms with E-state index in [1.807, 2.05) is 0 Å². The lowest BCUT2D eigenvalue weighted by atomic mass is 9.96. The summed E-state index contributed by atoms with van der Waals surface area (Å²) in [5.74, 6) is -17.3. The van der Waals surface area contributed by atoms with Crippen LogP contribution in [0.2, 0.25) is 0 Å². The third kappa shape index (κ3) is 2.31. The first-order valence-corrected chi connectivity index (χ1v) is 4.79. The minimum atomic E-state index is -6.45. The maximum Gasteiger partial charge on any atom is 0.458 e. The maximum absolute atomic E-state index is 13.2.